The zero-order valence-electron chi connectivity index (χ0n) is 16.4. The minimum absolute atomic E-state index is 0.0485. The zero-order valence-corrected chi connectivity index (χ0v) is 16.4. The Morgan fingerprint density at radius 1 is 0.810 bits per heavy atom. The summed E-state index contributed by atoms with van der Waals surface area (Å²) in [7, 11) is 0. The maximum absolute atomic E-state index is 5.97. The average molecular weight is 299 g/mol. The first-order chi connectivity index (χ1) is 9.47. The molecule has 0 saturated carbocycles. The van der Waals surface area contributed by atoms with Crippen LogP contribution < -0.4 is 0 Å². The molecule has 1 atom stereocenters. The van der Waals surface area contributed by atoms with Crippen molar-refractivity contribution in [1.82, 2.24) is 0 Å². The fourth-order valence-corrected chi connectivity index (χ4v) is 2.49. The SMILES string of the molecule is CCC(C)(C)OCCC(C)CCCC(C)(C)C(C)(C)CC. The van der Waals surface area contributed by atoms with Crippen molar-refractivity contribution in [3.63, 3.8) is 0 Å². The summed E-state index contributed by atoms with van der Waals surface area (Å²) in [4.78, 5) is 0. The summed E-state index contributed by atoms with van der Waals surface area (Å²) >= 11 is 0. The van der Waals surface area contributed by atoms with Crippen LogP contribution in [0.25, 0.3) is 0 Å². The maximum atomic E-state index is 5.97. The van der Waals surface area contributed by atoms with Crippen LogP contribution in [0.3, 0.4) is 0 Å². The maximum Gasteiger partial charge on any atom is 0.0623 e. The van der Waals surface area contributed by atoms with E-state index in [4.69, 9.17) is 4.74 Å². The van der Waals surface area contributed by atoms with Gasteiger partial charge in [-0.05, 0) is 49.9 Å². The fraction of sp³-hybridized carbons (Fsp3) is 1.00. The molecular formula is C20H42O. The molecule has 21 heavy (non-hydrogen) atoms. The lowest BCUT2D eigenvalue weighted by Gasteiger charge is -2.41. The van der Waals surface area contributed by atoms with Gasteiger partial charge < -0.3 is 4.74 Å². The molecule has 1 unspecified atom stereocenters. The van der Waals surface area contributed by atoms with Gasteiger partial charge in [-0.2, -0.15) is 0 Å². The number of hydrogen-bond acceptors (Lipinski definition) is 1. The van der Waals surface area contributed by atoms with E-state index in [0.717, 1.165) is 18.9 Å². The molecule has 0 N–H and O–H groups in total. The topological polar surface area (TPSA) is 9.23 Å². The largest absolute Gasteiger partial charge is 0.376 e. The van der Waals surface area contributed by atoms with Gasteiger partial charge in [-0.1, -0.05) is 67.7 Å². The molecule has 0 aromatic heterocycles. The summed E-state index contributed by atoms with van der Waals surface area (Å²) in [5, 5.41) is 0. The highest BCUT2D eigenvalue weighted by molar-refractivity contribution is 4.84. The monoisotopic (exact) mass is 298 g/mol. The molecule has 0 radical (unpaired) electrons. The van der Waals surface area contributed by atoms with Gasteiger partial charge in [0.05, 0.1) is 5.60 Å². The lowest BCUT2D eigenvalue weighted by Crippen LogP contribution is -2.31. The minimum Gasteiger partial charge on any atom is -0.376 e. The summed E-state index contributed by atoms with van der Waals surface area (Å²) < 4.78 is 5.97. The van der Waals surface area contributed by atoms with E-state index in [1.165, 1.54) is 32.1 Å². The van der Waals surface area contributed by atoms with Crippen LogP contribution in [-0.2, 0) is 4.74 Å². The van der Waals surface area contributed by atoms with E-state index < -0.39 is 0 Å². The first-order valence-electron chi connectivity index (χ1n) is 9.11. The van der Waals surface area contributed by atoms with Gasteiger partial charge in [0.1, 0.15) is 0 Å². The highest BCUT2D eigenvalue weighted by Gasteiger charge is 2.34. The fourth-order valence-electron chi connectivity index (χ4n) is 2.49. The van der Waals surface area contributed by atoms with Crippen molar-refractivity contribution in [2.24, 2.45) is 16.7 Å². The minimum atomic E-state index is 0.0485. The lowest BCUT2D eigenvalue weighted by atomic mass is 9.64. The molecule has 1 heteroatoms. The number of ether oxygens (including phenoxy) is 1. The van der Waals surface area contributed by atoms with E-state index in [2.05, 4.69) is 62.3 Å². The third-order valence-corrected chi connectivity index (χ3v) is 6.17. The van der Waals surface area contributed by atoms with E-state index in [1.807, 2.05) is 0 Å². The Balaban J connectivity index is 3.97. The van der Waals surface area contributed by atoms with Gasteiger partial charge in [0.25, 0.3) is 0 Å². The van der Waals surface area contributed by atoms with Crippen LogP contribution >= 0.6 is 0 Å². The highest BCUT2D eigenvalue weighted by Crippen LogP contribution is 2.44. The van der Waals surface area contributed by atoms with Gasteiger partial charge in [0.15, 0.2) is 0 Å². The van der Waals surface area contributed by atoms with Crippen molar-refractivity contribution in [1.29, 1.82) is 0 Å². The van der Waals surface area contributed by atoms with Crippen LogP contribution in [0.2, 0.25) is 0 Å². The second kappa shape index (κ2) is 8.56. The Morgan fingerprint density at radius 3 is 1.86 bits per heavy atom. The molecule has 0 rings (SSSR count). The lowest BCUT2D eigenvalue weighted by molar-refractivity contribution is -0.0255. The molecule has 0 amide bonds. The molecule has 0 aliphatic rings. The van der Waals surface area contributed by atoms with Crippen LogP contribution in [0.15, 0.2) is 0 Å². The first-order valence-corrected chi connectivity index (χ1v) is 9.11. The van der Waals surface area contributed by atoms with Gasteiger partial charge in [0.2, 0.25) is 0 Å². The summed E-state index contributed by atoms with van der Waals surface area (Å²) in [6.45, 7) is 21.9. The Hall–Kier alpha value is -0.0400. The smallest absolute Gasteiger partial charge is 0.0623 e. The Morgan fingerprint density at radius 2 is 1.38 bits per heavy atom. The summed E-state index contributed by atoms with van der Waals surface area (Å²) in [5.74, 6) is 0.776. The molecule has 0 aliphatic heterocycles. The van der Waals surface area contributed by atoms with E-state index in [1.54, 1.807) is 0 Å². The molecule has 0 aromatic rings. The van der Waals surface area contributed by atoms with Crippen LogP contribution in [0, 0.1) is 16.7 Å². The average Bonchev–Trinajstić information content (AvgIpc) is 2.38. The number of rotatable bonds is 11. The summed E-state index contributed by atoms with van der Waals surface area (Å²) in [6.07, 6.45) is 7.55. The van der Waals surface area contributed by atoms with E-state index in [0.29, 0.717) is 10.8 Å². The quantitative estimate of drug-likeness (QED) is 0.405. The summed E-state index contributed by atoms with van der Waals surface area (Å²) in [5.41, 5.74) is 0.916. The van der Waals surface area contributed by atoms with E-state index >= 15 is 0 Å². The van der Waals surface area contributed by atoms with E-state index in [9.17, 15) is 0 Å². The van der Waals surface area contributed by atoms with Crippen LogP contribution in [0.4, 0.5) is 0 Å². The van der Waals surface area contributed by atoms with Gasteiger partial charge in [0, 0.05) is 6.61 Å². The van der Waals surface area contributed by atoms with Crippen molar-refractivity contribution in [3.8, 4) is 0 Å². The van der Waals surface area contributed by atoms with Gasteiger partial charge >= 0.3 is 0 Å². The standard InChI is InChI=1S/C20H42O/c1-10-18(4,5)19(6,7)15-12-13-17(3)14-16-21-20(8,9)11-2/h17H,10-16H2,1-9H3. The second-order valence-electron chi connectivity index (χ2n) is 8.87. The molecular weight excluding hydrogens is 256 g/mol. The number of hydrogen-bond donors (Lipinski definition) is 0. The van der Waals surface area contributed by atoms with Crippen LogP contribution in [0.5, 0.6) is 0 Å². The Bertz CT molecular complexity index is 276. The van der Waals surface area contributed by atoms with Crippen molar-refractivity contribution in [2.45, 2.75) is 106 Å². The van der Waals surface area contributed by atoms with Gasteiger partial charge in [-0.25, -0.2) is 0 Å². The molecule has 0 bridgehead atoms. The second-order valence-corrected chi connectivity index (χ2v) is 8.87. The van der Waals surface area contributed by atoms with Gasteiger partial charge in [-0.15, -0.1) is 0 Å². The molecule has 0 aromatic carbocycles. The van der Waals surface area contributed by atoms with Crippen molar-refractivity contribution >= 4 is 0 Å². The van der Waals surface area contributed by atoms with Crippen molar-refractivity contribution < 1.29 is 4.74 Å². The normalized spacial score (nSPS) is 15.3. The molecule has 1 nitrogen and oxygen atoms in total. The van der Waals surface area contributed by atoms with Gasteiger partial charge in [-0.3, -0.25) is 0 Å². The van der Waals surface area contributed by atoms with Crippen molar-refractivity contribution in [3.05, 3.63) is 0 Å². The third kappa shape index (κ3) is 7.68. The van der Waals surface area contributed by atoms with Crippen LogP contribution in [0.1, 0.15) is 101 Å². The molecule has 128 valence electrons. The molecule has 0 fully saturated rings. The third-order valence-electron chi connectivity index (χ3n) is 6.17. The predicted octanol–water partition coefficient (Wildman–Crippen LogP) is 6.85. The summed E-state index contributed by atoms with van der Waals surface area (Å²) in [6, 6.07) is 0. The Labute approximate surface area is 135 Å². The van der Waals surface area contributed by atoms with Crippen LogP contribution in [-0.4, -0.2) is 12.2 Å². The molecule has 0 aliphatic carbocycles. The molecule has 0 saturated heterocycles. The predicted molar refractivity (Wildman–Crippen MR) is 95.8 cm³/mol. The van der Waals surface area contributed by atoms with E-state index in [-0.39, 0.29) is 5.60 Å². The molecule has 0 spiro atoms. The van der Waals surface area contributed by atoms with Crippen molar-refractivity contribution in [2.75, 3.05) is 6.61 Å². The Kier molecular flexibility index (Phi) is 8.54. The highest BCUT2D eigenvalue weighted by atomic mass is 16.5. The molecule has 0 heterocycles. The first kappa shape index (κ1) is 21.0. The zero-order chi connectivity index (χ0) is 16.7.